The Morgan fingerprint density at radius 3 is 2.62 bits per heavy atom. The van der Waals surface area contributed by atoms with Crippen LogP contribution in [0.2, 0.25) is 6.04 Å². The highest BCUT2D eigenvalue weighted by atomic mass is 28.2. The second kappa shape index (κ2) is 7.59. The molecule has 0 N–H and O–H groups in total. The summed E-state index contributed by atoms with van der Waals surface area (Å²) in [6, 6.07) is 1.31. The fourth-order valence-electron chi connectivity index (χ4n) is 0.972. The minimum atomic E-state index is -0.337. The number of rotatable bonds is 3. The van der Waals surface area contributed by atoms with Crippen molar-refractivity contribution in [3.05, 3.63) is 12.2 Å². The summed E-state index contributed by atoms with van der Waals surface area (Å²) in [7, 11) is 0.802. The summed E-state index contributed by atoms with van der Waals surface area (Å²) < 4.78 is 14.7. The van der Waals surface area contributed by atoms with E-state index in [9.17, 15) is 4.79 Å². The van der Waals surface area contributed by atoms with Crippen molar-refractivity contribution < 1.29 is 18.7 Å². The molecule has 0 amide bonds. The molecule has 16 heavy (non-hydrogen) atoms. The molecule has 1 atom stereocenters. The third kappa shape index (κ3) is 6.76. The van der Waals surface area contributed by atoms with Gasteiger partial charge in [-0.2, -0.15) is 0 Å². The zero-order chi connectivity index (χ0) is 11.8. The van der Waals surface area contributed by atoms with E-state index in [-0.39, 0.29) is 12.1 Å². The molecule has 2 saturated heterocycles. The van der Waals surface area contributed by atoms with Crippen LogP contribution in [0.3, 0.4) is 0 Å². The molecule has 0 aromatic carbocycles. The lowest BCUT2D eigenvalue weighted by molar-refractivity contribution is -0.139. The van der Waals surface area contributed by atoms with E-state index in [1.54, 1.807) is 6.92 Å². The molecule has 2 radical (unpaired) electrons. The van der Waals surface area contributed by atoms with Gasteiger partial charge in [-0.1, -0.05) is 13.0 Å². The minimum Gasteiger partial charge on any atom is -0.459 e. The maximum Gasteiger partial charge on any atom is 0.333 e. The Labute approximate surface area is 98.9 Å². The zero-order valence-electron chi connectivity index (χ0n) is 9.66. The van der Waals surface area contributed by atoms with Crippen LogP contribution in [0.1, 0.15) is 19.8 Å². The second-order valence-corrected chi connectivity index (χ2v) is 4.86. The molecule has 1 unspecified atom stereocenters. The standard InChI is InChI=1S/C7H10O3.C4H8OSi/c1-5(2)7(8)10-4-6-3-9-6;1-2-4-6-5-3-1/h6H,1,3-4H2,2H3;1-4H2. The fourth-order valence-corrected chi connectivity index (χ4v) is 1.80. The Balaban J connectivity index is 0.000000181. The van der Waals surface area contributed by atoms with Crippen molar-refractivity contribution in [2.24, 2.45) is 0 Å². The number of carbonyl (C=O) groups is 1. The summed E-state index contributed by atoms with van der Waals surface area (Å²) in [6.07, 6.45) is 2.81. The van der Waals surface area contributed by atoms with Gasteiger partial charge < -0.3 is 13.9 Å². The Morgan fingerprint density at radius 2 is 2.31 bits per heavy atom. The van der Waals surface area contributed by atoms with Gasteiger partial charge in [0.05, 0.1) is 6.61 Å². The van der Waals surface area contributed by atoms with Gasteiger partial charge in [-0.3, -0.25) is 0 Å². The Morgan fingerprint density at radius 1 is 1.56 bits per heavy atom. The van der Waals surface area contributed by atoms with Gasteiger partial charge in [-0.15, -0.1) is 0 Å². The second-order valence-electron chi connectivity index (χ2n) is 3.78. The molecule has 4 nitrogen and oxygen atoms in total. The summed E-state index contributed by atoms with van der Waals surface area (Å²) in [5.41, 5.74) is 0.431. The van der Waals surface area contributed by atoms with Crippen molar-refractivity contribution in [1.29, 1.82) is 0 Å². The van der Waals surface area contributed by atoms with E-state index in [1.165, 1.54) is 18.9 Å². The summed E-state index contributed by atoms with van der Waals surface area (Å²) >= 11 is 0. The third-order valence-electron chi connectivity index (χ3n) is 2.03. The molecule has 0 bridgehead atoms. The quantitative estimate of drug-likeness (QED) is 0.324. The van der Waals surface area contributed by atoms with Crippen LogP contribution in [0.4, 0.5) is 0 Å². The summed E-state index contributed by atoms with van der Waals surface area (Å²) in [5, 5.41) is 0. The number of esters is 1. The van der Waals surface area contributed by atoms with E-state index >= 15 is 0 Å². The van der Waals surface area contributed by atoms with Gasteiger partial charge in [0, 0.05) is 12.2 Å². The lowest BCUT2D eigenvalue weighted by Gasteiger charge is -2.06. The van der Waals surface area contributed by atoms with Crippen molar-refractivity contribution in [3.63, 3.8) is 0 Å². The first-order chi connectivity index (χ1) is 7.70. The SMILES string of the molecule is C1CC[Si]OC1.C=C(C)C(=O)OCC1CO1. The third-order valence-corrected chi connectivity index (χ3v) is 2.99. The summed E-state index contributed by atoms with van der Waals surface area (Å²) in [5.74, 6) is -0.337. The minimum absolute atomic E-state index is 0.142. The van der Waals surface area contributed by atoms with Gasteiger partial charge in [0.2, 0.25) is 9.76 Å². The van der Waals surface area contributed by atoms with Crippen molar-refractivity contribution >= 4 is 15.7 Å². The van der Waals surface area contributed by atoms with Crippen molar-refractivity contribution in [3.8, 4) is 0 Å². The first-order valence-electron chi connectivity index (χ1n) is 5.49. The Hall–Kier alpha value is -0.653. The van der Waals surface area contributed by atoms with Crippen molar-refractivity contribution in [1.82, 2.24) is 0 Å². The highest BCUT2D eigenvalue weighted by Gasteiger charge is 2.24. The molecule has 0 aliphatic carbocycles. The highest BCUT2D eigenvalue weighted by molar-refractivity contribution is 6.27. The number of carbonyl (C=O) groups excluding carboxylic acids is 1. The predicted molar refractivity (Wildman–Crippen MR) is 61.3 cm³/mol. The molecule has 2 aliphatic rings. The molecule has 2 aliphatic heterocycles. The van der Waals surface area contributed by atoms with Gasteiger partial charge in [0.15, 0.2) is 0 Å². The number of ether oxygens (including phenoxy) is 2. The number of hydrogen-bond acceptors (Lipinski definition) is 4. The van der Waals surface area contributed by atoms with Crippen LogP contribution in [0.25, 0.3) is 0 Å². The molecule has 0 spiro atoms. The van der Waals surface area contributed by atoms with Crippen LogP contribution in [0.5, 0.6) is 0 Å². The first kappa shape index (κ1) is 13.4. The Bertz CT molecular complexity index is 223. The number of hydrogen-bond donors (Lipinski definition) is 0. The van der Waals surface area contributed by atoms with Gasteiger partial charge in [0.25, 0.3) is 0 Å². The number of epoxide rings is 1. The fraction of sp³-hybridized carbons (Fsp3) is 0.727. The predicted octanol–water partition coefficient (Wildman–Crippen LogP) is 1.34. The smallest absolute Gasteiger partial charge is 0.333 e. The van der Waals surface area contributed by atoms with Gasteiger partial charge in [-0.05, 0) is 19.4 Å². The highest BCUT2D eigenvalue weighted by Crippen LogP contribution is 2.09. The van der Waals surface area contributed by atoms with E-state index in [0.717, 1.165) is 16.4 Å². The maximum absolute atomic E-state index is 10.7. The van der Waals surface area contributed by atoms with Crippen molar-refractivity contribution in [2.75, 3.05) is 19.8 Å². The van der Waals surface area contributed by atoms with E-state index in [1.807, 2.05) is 0 Å². The molecule has 0 aromatic rings. The average molecular weight is 242 g/mol. The van der Waals surface area contributed by atoms with E-state index in [4.69, 9.17) is 13.9 Å². The molecular formula is C11H18O4Si. The molecule has 2 fully saturated rings. The van der Waals surface area contributed by atoms with Crippen molar-refractivity contribution in [2.45, 2.75) is 31.9 Å². The van der Waals surface area contributed by atoms with Crippen LogP contribution >= 0.6 is 0 Å². The van der Waals surface area contributed by atoms with Crippen LogP contribution in [0.15, 0.2) is 12.2 Å². The lowest BCUT2D eigenvalue weighted by atomic mass is 10.4. The van der Waals surface area contributed by atoms with Gasteiger partial charge in [0.1, 0.15) is 12.7 Å². The van der Waals surface area contributed by atoms with Crippen LogP contribution in [-0.4, -0.2) is 41.7 Å². The maximum atomic E-state index is 10.7. The molecule has 0 aromatic heterocycles. The molecule has 5 heteroatoms. The molecule has 2 heterocycles. The summed E-state index contributed by atoms with van der Waals surface area (Å²) in [4.78, 5) is 10.7. The monoisotopic (exact) mass is 242 g/mol. The molecule has 2 rings (SSSR count). The molecule has 90 valence electrons. The topological polar surface area (TPSA) is 48.1 Å². The van der Waals surface area contributed by atoms with Crippen LogP contribution in [-0.2, 0) is 18.7 Å². The van der Waals surface area contributed by atoms with E-state index < -0.39 is 0 Å². The van der Waals surface area contributed by atoms with Gasteiger partial charge in [-0.25, -0.2) is 4.79 Å². The average Bonchev–Trinajstić information content (AvgIpc) is 3.13. The molecular weight excluding hydrogens is 224 g/mol. The largest absolute Gasteiger partial charge is 0.459 e. The first-order valence-corrected chi connectivity index (χ1v) is 6.60. The normalized spacial score (nSPS) is 22.7. The summed E-state index contributed by atoms with van der Waals surface area (Å²) in [6.45, 7) is 7.15. The molecule has 0 saturated carbocycles. The Kier molecular flexibility index (Phi) is 6.36. The van der Waals surface area contributed by atoms with E-state index in [2.05, 4.69) is 6.58 Å². The zero-order valence-corrected chi connectivity index (χ0v) is 10.7. The lowest BCUT2D eigenvalue weighted by Crippen LogP contribution is -2.09. The van der Waals surface area contributed by atoms with Gasteiger partial charge >= 0.3 is 5.97 Å². The van der Waals surface area contributed by atoms with Crippen LogP contribution < -0.4 is 0 Å². The van der Waals surface area contributed by atoms with E-state index in [0.29, 0.717) is 18.8 Å². The van der Waals surface area contributed by atoms with Crippen LogP contribution in [0, 0.1) is 0 Å².